The Hall–Kier alpha value is -3.85. The summed E-state index contributed by atoms with van der Waals surface area (Å²) in [6.07, 6.45) is -2.88. The summed E-state index contributed by atoms with van der Waals surface area (Å²) in [5, 5.41) is 3.08. The topological polar surface area (TPSA) is 128 Å². The predicted molar refractivity (Wildman–Crippen MR) is 161 cm³/mol. The molecule has 0 spiro atoms. The van der Waals surface area contributed by atoms with Crippen LogP contribution in [0.25, 0.3) is 22.2 Å². The lowest BCUT2D eigenvalue weighted by atomic mass is 9.83. The fraction of sp³-hybridized carbons (Fsp3) is 0.533. The van der Waals surface area contributed by atoms with Crippen LogP contribution in [0.4, 0.5) is 33.9 Å². The Kier molecular flexibility index (Phi) is 7.46. The second-order valence-corrected chi connectivity index (χ2v) is 13.0. The number of hydrogen-bond donors (Lipinski definition) is 2. The second kappa shape index (κ2) is 11.1. The number of hydrogen-bond acceptors (Lipinski definition) is 10. The van der Waals surface area contributed by atoms with Gasteiger partial charge in [-0.3, -0.25) is 0 Å². The maximum atomic E-state index is 16.7. The molecule has 1 aromatic carbocycles. The van der Waals surface area contributed by atoms with Crippen LogP contribution in [-0.2, 0) is 10.9 Å². The molecule has 3 aromatic rings. The second-order valence-electron chi connectivity index (χ2n) is 12.6. The number of rotatable bonds is 5. The van der Waals surface area contributed by atoms with E-state index in [-0.39, 0.29) is 66.4 Å². The molecule has 3 fully saturated rings. The SMILES string of the molecule is CCOC(=O)N1CC(C)(COc2nc3c4c(nc(-c5cc(N)cc(Cl)c5C(F)(F)F)c(F)c4n2)OCC[C@@H]2[C@@H]4CC[C@H](CN32)N4)C1. The highest BCUT2D eigenvalue weighted by Gasteiger charge is 2.45. The Bertz CT molecular complexity index is 1720. The van der Waals surface area contributed by atoms with E-state index < -0.39 is 45.3 Å². The van der Waals surface area contributed by atoms with E-state index >= 15 is 4.39 Å². The molecule has 3 N–H and O–H groups in total. The average Bonchev–Trinajstić information content (AvgIpc) is 3.36. The van der Waals surface area contributed by atoms with Crippen LogP contribution in [0.1, 0.15) is 38.7 Å². The molecule has 11 nitrogen and oxygen atoms in total. The van der Waals surface area contributed by atoms with Crippen molar-refractivity contribution in [1.82, 2.24) is 25.2 Å². The summed E-state index contributed by atoms with van der Waals surface area (Å²) in [6, 6.07) is 2.08. The number of piperazine rings is 1. The molecule has 4 aliphatic rings. The van der Waals surface area contributed by atoms with E-state index in [2.05, 4.69) is 20.2 Å². The summed E-state index contributed by atoms with van der Waals surface area (Å²) in [5.41, 5.74) is 2.44. The number of ether oxygens (including phenoxy) is 3. The van der Waals surface area contributed by atoms with Crippen LogP contribution in [0.15, 0.2) is 12.1 Å². The van der Waals surface area contributed by atoms with Crippen molar-refractivity contribution in [2.45, 2.75) is 57.4 Å². The Morgan fingerprint density at radius 1 is 1.22 bits per heavy atom. The van der Waals surface area contributed by atoms with Gasteiger partial charge in [0.15, 0.2) is 5.82 Å². The molecule has 16 heteroatoms. The zero-order valence-corrected chi connectivity index (χ0v) is 25.8. The first-order chi connectivity index (χ1) is 21.8. The molecule has 0 aliphatic carbocycles. The molecule has 46 heavy (non-hydrogen) atoms. The van der Waals surface area contributed by atoms with Gasteiger partial charge in [-0.05, 0) is 31.9 Å². The third kappa shape index (κ3) is 5.26. The molecule has 2 bridgehead atoms. The third-order valence-electron chi connectivity index (χ3n) is 9.07. The standard InChI is InChI=1S/C30H32ClF4N7O4/c1-3-44-28(43)41-11-29(2,12-41)13-46-27-39-24-20-25(40-27)42-10-15-4-5-18(37-15)19(42)6-7-45-26(20)38-23(22(24)32)16-8-14(36)9-17(31)21(16)30(33,34)35/h8-9,15,18-19,37H,3-7,10-13,36H2,1-2H3/t15-,18+,19-/m1/s1. The van der Waals surface area contributed by atoms with Crippen LogP contribution in [0.2, 0.25) is 5.02 Å². The molecule has 0 unspecified atom stereocenters. The molecule has 2 aromatic heterocycles. The van der Waals surface area contributed by atoms with Gasteiger partial charge in [-0.15, -0.1) is 0 Å². The first kappa shape index (κ1) is 30.8. The molecule has 6 heterocycles. The summed E-state index contributed by atoms with van der Waals surface area (Å²) < 4.78 is 76.6. The lowest BCUT2D eigenvalue weighted by Gasteiger charge is -2.46. The number of nitrogen functional groups attached to an aromatic ring is 1. The Morgan fingerprint density at radius 2 is 2.00 bits per heavy atom. The smallest absolute Gasteiger partial charge is 0.418 e. The maximum Gasteiger partial charge on any atom is 0.418 e. The van der Waals surface area contributed by atoms with Crippen molar-refractivity contribution in [2.75, 3.05) is 50.1 Å². The number of amides is 1. The molecule has 1 amide bonds. The number of carbonyl (C=O) groups is 1. The van der Waals surface area contributed by atoms with Gasteiger partial charge in [-0.2, -0.15) is 23.1 Å². The van der Waals surface area contributed by atoms with E-state index in [0.29, 0.717) is 31.9 Å². The van der Waals surface area contributed by atoms with Crippen molar-refractivity contribution in [1.29, 1.82) is 0 Å². The minimum atomic E-state index is -4.94. The lowest BCUT2D eigenvalue weighted by Crippen LogP contribution is -2.59. The Labute approximate surface area is 266 Å². The molecule has 0 saturated carbocycles. The molecule has 4 aliphatic heterocycles. The van der Waals surface area contributed by atoms with Crippen molar-refractivity contribution < 1.29 is 36.6 Å². The van der Waals surface area contributed by atoms with Crippen molar-refractivity contribution >= 4 is 40.1 Å². The van der Waals surface area contributed by atoms with Crippen LogP contribution in [0, 0.1) is 11.2 Å². The lowest BCUT2D eigenvalue weighted by molar-refractivity contribution is -0.137. The minimum Gasteiger partial charge on any atom is -0.477 e. The van der Waals surface area contributed by atoms with E-state index in [9.17, 15) is 18.0 Å². The van der Waals surface area contributed by atoms with E-state index in [4.69, 9.17) is 36.5 Å². The van der Waals surface area contributed by atoms with Gasteiger partial charge in [0.25, 0.3) is 0 Å². The number of carbonyl (C=O) groups excluding carboxylic acids is 1. The van der Waals surface area contributed by atoms with Crippen LogP contribution in [-0.4, -0.2) is 83.5 Å². The van der Waals surface area contributed by atoms with Crippen LogP contribution >= 0.6 is 11.6 Å². The van der Waals surface area contributed by atoms with Crippen molar-refractivity contribution in [2.24, 2.45) is 5.41 Å². The summed E-state index contributed by atoms with van der Waals surface area (Å²) in [6.45, 7) is 5.49. The van der Waals surface area contributed by atoms with Crippen molar-refractivity contribution in [3.8, 4) is 23.1 Å². The number of benzene rings is 1. The predicted octanol–water partition coefficient (Wildman–Crippen LogP) is 5.03. The van der Waals surface area contributed by atoms with E-state index in [0.717, 1.165) is 25.0 Å². The highest BCUT2D eigenvalue weighted by Crippen LogP contribution is 2.47. The van der Waals surface area contributed by atoms with E-state index in [1.165, 1.54) is 0 Å². The van der Waals surface area contributed by atoms with Gasteiger partial charge in [-0.1, -0.05) is 18.5 Å². The van der Waals surface area contributed by atoms with Gasteiger partial charge in [0.2, 0.25) is 5.88 Å². The quantitative estimate of drug-likeness (QED) is 0.283. The normalized spacial score (nSPS) is 23.2. The monoisotopic (exact) mass is 665 g/mol. The molecular formula is C30H32ClF4N7O4. The zero-order chi connectivity index (χ0) is 32.5. The number of nitrogens with one attached hydrogen (secondary N) is 1. The van der Waals surface area contributed by atoms with Gasteiger partial charge in [0.05, 0.1) is 23.8 Å². The Balaban J connectivity index is 1.36. The number of pyridine rings is 1. The number of likely N-dealkylation sites (tertiary alicyclic amines) is 1. The zero-order valence-electron chi connectivity index (χ0n) is 25.1. The maximum absolute atomic E-state index is 16.7. The number of alkyl halides is 3. The molecular weight excluding hydrogens is 634 g/mol. The first-order valence-corrected chi connectivity index (χ1v) is 15.5. The summed E-state index contributed by atoms with van der Waals surface area (Å²) in [4.78, 5) is 29.2. The highest BCUT2D eigenvalue weighted by molar-refractivity contribution is 6.32. The summed E-state index contributed by atoms with van der Waals surface area (Å²) in [7, 11) is 0. The molecule has 246 valence electrons. The van der Waals surface area contributed by atoms with Gasteiger partial charge < -0.3 is 35.1 Å². The summed E-state index contributed by atoms with van der Waals surface area (Å²) >= 11 is 6.01. The van der Waals surface area contributed by atoms with Gasteiger partial charge in [0, 0.05) is 60.8 Å². The molecule has 7 rings (SSSR count). The number of nitrogens with two attached hydrogens (primary N) is 1. The third-order valence-corrected chi connectivity index (χ3v) is 9.36. The first-order valence-electron chi connectivity index (χ1n) is 15.1. The van der Waals surface area contributed by atoms with Crippen LogP contribution in [0.3, 0.4) is 0 Å². The van der Waals surface area contributed by atoms with Crippen LogP contribution < -0.4 is 25.4 Å². The molecule has 3 atom stereocenters. The number of nitrogens with zero attached hydrogens (tertiary/aromatic N) is 5. The van der Waals surface area contributed by atoms with E-state index in [1.807, 2.05) is 6.92 Å². The van der Waals surface area contributed by atoms with Crippen molar-refractivity contribution in [3.05, 3.63) is 28.5 Å². The number of halogens is 5. The van der Waals surface area contributed by atoms with Crippen molar-refractivity contribution in [3.63, 3.8) is 0 Å². The molecule has 0 radical (unpaired) electrons. The fourth-order valence-electron chi connectivity index (χ4n) is 7.07. The van der Waals surface area contributed by atoms with Gasteiger partial charge in [-0.25, -0.2) is 14.2 Å². The van der Waals surface area contributed by atoms with Crippen LogP contribution in [0.5, 0.6) is 11.9 Å². The molecule has 3 saturated heterocycles. The largest absolute Gasteiger partial charge is 0.477 e. The van der Waals surface area contributed by atoms with Gasteiger partial charge in [0.1, 0.15) is 29.0 Å². The summed E-state index contributed by atoms with van der Waals surface area (Å²) in [5.74, 6) is -0.883. The number of anilines is 2. The average molecular weight is 666 g/mol. The Morgan fingerprint density at radius 3 is 2.74 bits per heavy atom. The number of fused-ring (bicyclic) bond motifs is 5. The van der Waals surface area contributed by atoms with Gasteiger partial charge >= 0.3 is 18.3 Å². The van der Waals surface area contributed by atoms with E-state index in [1.54, 1.807) is 11.8 Å². The minimum absolute atomic E-state index is 0.0348. The fourth-order valence-corrected chi connectivity index (χ4v) is 7.41. The number of aromatic nitrogens is 3. The highest BCUT2D eigenvalue weighted by atomic mass is 35.5.